The van der Waals surface area contributed by atoms with Crippen LogP contribution >= 0.6 is 23.3 Å². The van der Waals surface area contributed by atoms with Gasteiger partial charge in [0.15, 0.2) is 15.9 Å². The van der Waals surface area contributed by atoms with Gasteiger partial charge >= 0.3 is 0 Å². The van der Waals surface area contributed by atoms with Crippen LogP contribution in [0.4, 0.5) is 5.13 Å². The lowest BCUT2D eigenvalue weighted by molar-refractivity contribution is 0.386. The van der Waals surface area contributed by atoms with Gasteiger partial charge in [-0.15, -0.1) is 9.40 Å². The van der Waals surface area contributed by atoms with E-state index in [4.69, 9.17) is 10.9 Å². The molecule has 6 N–H and O–H groups in total. The summed E-state index contributed by atoms with van der Waals surface area (Å²) in [7, 11) is 1.88. The van der Waals surface area contributed by atoms with E-state index in [1.54, 1.807) is 0 Å². The van der Waals surface area contributed by atoms with Crippen molar-refractivity contribution in [2.75, 3.05) is 25.9 Å². The summed E-state index contributed by atoms with van der Waals surface area (Å²) in [5.41, 5.74) is 9.16. The summed E-state index contributed by atoms with van der Waals surface area (Å²) in [4.78, 5) is 5.79. The van der Waals surface area contributed by atoms with Crippen molar-refractivity contribution in [3.05, 3.63) is 30.3 Å². The number of para-hydroxylation sites is 1. The Balaban J connectivity index is 1.70. The summed E-state index contributed by atoms with van der Waals surface area (Å²) >= 11 is 1.05. The van der Waals surface area contributed by atoms with Crippen LogP contribution in [-0.2, 0) is 11.4 Å². The van der Waals surface area contributed by atoms with Crippen molar-refractivity contribution >= 4 is 50.0 Å². The molecule has 0 radical (unpaired) electrons. The van der Waals surface area contributed by atoms with Crippen LogP contribution in [0.1, 0.15) is 6.42 Å². The number of likely N-dealkylation sites (N-methyl/N-ethyl adjacent to an activating group) is 1. The first-order valence-corrected chi connectivity index (χ1v) is 12.7. The van der Waals surface area contributed by atoms with Crippen molar-refractivity contribution < 1.29 is 4.55 Å². The molecule has 4 aromatic rings. The number of anilines is 1. The van der Waals surface area contributed by atoms with Gasteiger partial charge in [0.2, 0.25) is 0 Å². The van der Waals surface area contributed by atoms with Gasteiger partial charge in [-0.3, -0.25) is 5.14 Å². The second kappa shape index (κ2) is 8.94. The molecule has 0 saturated carbocycles. The third kappa shape index (κ3) is 3.75. The number of rotatable bonds is 6. The lowest BCUT2D eigenvalue weighted by atomic mass is 9.98. The molecule has 1 aliphatic rings. The normalized spacial score (nSPS) is 17.4. The average Bonchev–Trinajstić information content (AvgIpc) is 3.58. The van der Waals surface area contributed by atoms with Gasteiger partial charge < -0.3 is 15.6 Å². The Bertz CT molecular complexity index is 1240. The average molecular weight is 488 g/mol. The van der Waals surface area contributed by atoms with Crippen LogP contribution in [0, 0.1) is 0 Å². The molecular weight excluding hydrogens is 466 g/mol. The fourth-order valence-electron chi connectivity index (χ4n) is 3.97. The van der Waals surface area contributed by atoms with Crippen LogP contribution < -0.4 is 16.2 Å². The Kier molecular flexibility index (Phi) is 6.03. The number of nitrogens with zero attached hydrogens (tertiary/aromatic N) is 5. The Morgan fingerprint density at radius 3 is 2.88 bits per heavy atom. The Labute approximate surface area is 195 Å². The Hall–Kier alpha value is -2.26. The Morgan fingerprint density at radius 1 is 1.28 bits per heavy atom. The third-order valence-electron chi connectivity index (χ3n) is 5.55. The van der Waals surface area contributed by atoms with Gasteiger partial charge in [0.05, 0.1) is 32.5 Å². The second-order valence-electron chi connectivity index (χ2n) is 7.33. The zero-order chi connectivity index (χ0) is 22.2. The maximum Gasteiger partial charge on any atom is 0.189 e. The van der Waals surface area contributed by atoms with E-state index in [0.717, 1.165) is 52.8 Å². The first-order valence-electron chi connectivity index (χ1n) is 9.87. The first kappa shape index (κ1) is 21.6. The van der Waals surface area contributed by atoms with Crippen LogP contribution in [0.25, 0.3) is 32.7 Å². The molecule has 2 atom stereocenters. The molecule has 1 saturated heterocycles. The minimum atomic E-state index is -1.41. The zero-order valence-corrected chi connectivity index (χ0v) is 19.6. The largest absolute Gasteiger partial charge is 0.593 e. The number of aromatic nitrogens is 5. The van der Waals surface area contributed by atoms with Crippen molar-refractivity contribution in [1.82, 2.24) is 35.2 Å². The van der Waals surface area contributed by atoms with E-state index in [0.29, 0.717) is 26.3 Å². The smallest absolute Gasteiger partial charge is 0.189 e. The van der Waals surface area contributed by atoms with Crippen molar-refractivity contribution in [3.63, 3.8) is 0 Å². The highest BCUT2D eigenvalue weighted by Crippen LogP contribution is 2.43. The molecule has 0 bridgehead atoms. The van der Waals surface area contributed by atoms with Gasteiger partial charge in [-0.05, 0) is 59.1 Å². The highest BCUT2D eigenvalue weighted by molar-refractivity contribution is 7.98. The van der Waals surface area contributed by atoms with E-state index in [1.165, 1.54) is 11.3 Å². The van der Waals surface area contributed by atoms with Crippen LogP contribution in [-0.4, -0.2) is 60.6 Å². The maximum atomic E-state index is 13.5. The molecule has 10 nitrogen and oxygen atoms in total. The summed E-state index contributed by atoms with van der Waals surface area (Å²) in [5, 5.41) is 24.4. The quantitative estimate of drug-likeness (QED) is 0.234. The molecular formula is C19H21N9OS3. The van der Waals surface area contributed by atoms with Gasteiger partial charge in [-0.2, -0.15) is 0 Å². The maximum absolute atomic E-state index is 13.5. The van der Waals surface area contributed by atoms with Gasteiger partial charge in [-0.1, -0.05) is 23.5 Å². The van der Waals surface area contributed by atoms with E-state index in [9.17, 15) is 4.55 Å². The number of hydrogen-bond donors (Lipinski definition) is 4. The number of thiazole rings is 1. The number of benzene rings is 2. The SMILES string of the molecule is CN(C1CCNC1)[S+]([O-])c1ccc(-c2cccc3sc(N)nc23)c(-c2nnn[nH]2)c1SN. The van der Waals surface area contributed by atoms with Crippen LogP contribution in [0.2, 0.25) is 0 Å². The summed E-state index contributed by atoms with van der Waals surface area (Å²) in [6.07, 6.45) is 0.942. The molecule has 2 aromatic heterocycles. The number of nitrogens with one attached hydrogen (secondary N) is 2. The molecule has 32 heavy (non-hydrogen) atoms. The lowest BCUT2D eigenvalue weighted by Gasteiger charge is -2.26. The monoisotopic (exact) mass is 487 g/mol. The number of nitrogen functional groups attached to an aromatic ring is 1. The molecule has 2 unspecified atom stereocenters. The molecule has 3 heterocycles. The summed E-state index contributed by atoms with van der Waals surface area (Å²) < 4.78 is 16.4. The standard InChI is InChI=1S/C19H21N9OS3/c1-28(10-7-8-22-9-10)32(29)14-6-5-11(15(17(14)31-21)18-24-26-27-25-18)12-3-2-4-13-16(12)23-19(20)30-13/h2-6,10,22H,7-9,21H2,1H3,(H2,20,23)(H,24,25,26,27). The number of nitrogens with two attached hydrogens (primary N) is 2. The molecule has 5 rings (SSSR count). The predicted octanol–water partition coefficient (Wildman–Crippen LogP) is 2.01. The molecule has 13 heteroatoms. The molecule has 1 aliphatic heterocycles. The van der Waals surface area contributed by atoms with Crippen LogP contribution in [0.5, 0.6) is 0 Å². The molecule has 0 spiro atoms. The zero-order valence-electron chi connectivity index (χ0n) is 17.1. The molecule has 2 aromatic carbocycles. The highest BCUT2D eigenvalue weighted by Gasteiger charge is 2.33. The minimum Gasteiger partial charge on any atom is -0.593 e. The van der Waals surface area contributed by atoms with E-state index in [-0.39, 0.29) is 6.04 Å². The van der Waals surface area contributed by atoms with Crippen LogP contribution in [0.15, 0.2) is 40.1 Å². The van der Waals surface area contributed by atoms with Gasteiger partial charge in [0.25, 0.3) is 0 Å². The van der Waals surface area contributed by atoms with Crippen molar-refractivity contribution in [3.8, 4) is 22.5 Å². The van der Waals surface area contributed by atoms with Gasteiger partial charge in [0.1, 0.15) is 0 Å². The fourth-order valence-corrected chi connectivity index (χ4v) is 6.80. The molecule has 166 valence electrons. The third-order valence-corrected chi connectivity index (χ3v) is 8.72. The van der Waals surface area contributed by atoms with Gasteiger partial charge in [-0.25, -0.2) is 10.1 Å². The van der Waals surface area contributed by atoms with E-state index < -0.39 is 11.4 Å². The lowest BCUT2D eigenvalue weighted by Crippen LogP contribution is -2.38. The first-order chi connectivity index (χ1) is 15.6. The van der Waals surface area contributed by atoms with E-state index in [1.807, 2.05) is 41.7 Å². The fraction of sp³-hybridized carbons (Fsp3) is 0.263. The minimum absolute atomic E-state index is 0.188. The topological polar surface area (TPSA) is 158 Å². The number of fused-ring (bicyclic) bond motifs is 1. The number of hydrogen-bond acceptors (Lipinski definition) is 11. The van der Waals surface area contributed by atoms with E-state index in [2.05, 4.69) is 30.9 Å². The van der Waals surface area contributed by atoms with E-state index >= 15 is 0 Å². The summed E-state index contributed by atoms with van der Waals surface area (Å²) in [6.45, 7) is 1.72. The molecule has 1 fully saturated rings. The summed E-state index contributed by atoms with van der Waals surface area (Å²) in [6, 6.07) is 9.89. The Morgan fingerprint density at radius 2 is 2.16 bits per heavy atom. The number of tetrazole rings is 1. The number of H-pyrrole nitrogens is 1. The molecule has 0 amide bonds. The van der Waals surface area contributed by atoms with Crippen molar-refractivity contribution in [2.24, 2.45) is 5.14 Å². The summed E-state index contributed by atoms with van der Waals surface area (Å²) in [5.74, 6) is 0.442. The highest BCUT2D eigenvalue weighted by atomic mass is 32.2. The van der Waals surface area contributed by atoms with Crippen LogP contribution in [0.3, 0.4) is 0 Å². The second-order valence-corrected chi connectivity index (χ2v) is 10.5. The number of aromatic amines is 1. The molecule has 0 aliphatic carbocycles. The van der Waals surface area contributed by atoms with Gasteiger partial charge in [0, 0.05) is 24.7 Å². The predicted molar refractivity (Wildman–Crippen MR) is 128 cm³/mol. The van der Waals surface area contributed by atoms with Crippen molar-refractivity contribution in [2.45, 2.75) is 22.3 Å². The van der Waals surface area contributed by atoms with Crippen molar-refractivity contribution in [1.29, 1.82) is 0 Å².